The van der Waals surface area contributed by atoms with Crippen molar-refractivity contribution in [2.45, 2.75) is 13.0 Å². The fourth-order valence-corrected chi connectivity index (χ4v) is 1.34. The number of hydrogen-bond donors (Lipinski definition) is 1. The van der Waals surface area contributed by atoms with Crippen LogP contribution < -0.4 is 0 Å². The first-order chi connectivity index (χ1) is 6.15. The van der Waals surface area contributed by atoms with E-state index in [0.717, 1.165) is 0 Å². The monoisotopic (exact) mass is 214 g/mol. The molecular weight excluding hydrogens is 207 g/mol. The van der Waals surface area contributed by atoms with Crippen LogP contribution in [0.4, 0.5) is 0 Å². The fraction of sp³-hybridized carbons (Fsp3) is 0.200. The van der Waals surface area contributed by atoms with Crippen molar-refractivity contribution >= 4 is 23.2 Å². The van der Waals surface area contributed by atoms with Gasteiger partial charge in [0, 0.05) is 15.6 Å². The Hall–Kier alpha value is -0.680. The van der Waals surface area contributed by atoms with Gasteiger partial charge in [-0.3, -0.25) is 0 Å². The van der Waals surface area contributed by atoms with E-state index in [4.69, 9.17) is 23.2 Å². The van der Waals surface area contributed by atoms with Gasteiger partial charge in [-0.1, -0.05) is 29.1 Å². The summed E-state index contributed by atoms with van der Waals surface area (Å²) in [5.74, 6) is 5.20. The minimum Gasteiger partial charge on any atom is -0.376 e. The lowest BCUT2D eigenvalue weighted by Gasteiger charge is -2.06. The Kier molecular flexibility index (Phi) is 3.62. The molecule has 1 nitrogen and oxygen atoms in total. The van der Waals surface area contributed by atoms with Gasteiger partial charge >= 0.3 is 0 Å². The van der Waals surface area contributed by atoms with Gasteiger partial charge in [0.1, 0.15) is 6.10 Å². The van der Waals surface area contributed by atoms with Crippen molar-refractivity contribution in [3.8, 4) is 11.8 Å². The van der Waals surface area contributed by atoms with Crippen LogP contribution in [0.5, 0.6) is 0 Å². The Labute approximate surface area is 87.3 Å². The third kappa shape index (κ3) is 2.63. The van der Waals surface area contributed by atoms with Gasteiger partial charge in [0.15, 0.2) is 0 Å². The third-order valence-corrected chi connectivity index (χ3v) is 2.11. The van der Waals surface area contributed by atoms with Gasteiger partial charge in [-0.2, -0.15) is 0 Å². The van der Waals surface area contributed by atoms with Crippen molar-refractivity contribution in [1.82, 2.24) is 0 Å². The molecule has 0 radical (unpaired) electrons. The summed E-state index contributed by atoms with van der Waals surface area (Å²) in [6.45, 7) is 1.65. The topological polar surface area (TPSA) is 20.2 Å². The lowest BCUT2D eigenvalue weighted by Crippen LogP contribution is -1.94. The molecule has 1 rings (SSSR count). The van der Waals surface area contributed by atoms with Crippen molar-refractivity contribution in [2.75, 3.05) is 0 Å². The van der Waals surface area contributed by atoms with Crippen LogP contribution in [-0.2, 0) is 0 Å². The second kappa shape index (κ2) is 4.53. The average Bonchev–Trinajstić information content (AvgIpc) is 2.09. The normalized spacial score (nSPS) is 11.7. The molecule has 1 unspecified atom stereocenters. The zero-order chi connectivity index (χ0) is 9.84. The van der Waals surface area contributed by atoms with Gasteiger partial charge in [0.05, 0.1) is 0 Å². The lowest BCUT2D eigenvalue weighted by atomic mass is 10.1. The van der Waals surface area contributed by atoms with Crippen LogP contribution in [0.3, 0.4) is 0 Å². The van der Waals surface area contributed by atoms with Crippen molar-refractivity contribution in [2.24, 2.45) is 0 Å². The van der Waals surface area contributed by atoms with E-state index in [9.17, 15) is 5.11 Å². The molecule has 1 aromatic rings. The van der Waals surface area contributed by atoms with Crippen molar-refractivity contribution in [1.29, 1.82) is 0 Å². The summed E-state index contributed by atoms with van der Waals surface area (Å²) < 4.78 is 0. The molecule has 3 heteroatoms. The zero-order valence-electron chi connectivity index (χ0n) is 7.01. The van der Waals surface area contributed by atoms with Crippen LogP contribution in [0, 0.1) is 11.8 Å². The fourth-order valence-electron chi connectivity index (χ4n) is 0.939. The lowest BCUT2D eigenvalue weighted by molar-refractivity contribution is 0.238. The molecule has 0 saturated heterocycles. The highest BCUT2D eigenvalue weighted by Gasteiger charge is 2.08. The molecule has 68 valence electrons. The quantitative estimate of drug-likeness (QED) is 0.713. The SMILES string of the molecule is CC#CC(O)c1cc(Cl)ccc1Cl. The molecule has 1 aromatic carbocycles. The average molecular weight is 215 g/mol. The van der Waals surface area contributed by atoms with Crippen LogP contribution in [0.15, 0.2) is 18.2 Å². The molecule has 0 bridgehead atoms. The van der Waals surface area contributed by atoms with Crippen molar-refractivity contribution in [3.63, 3.8) is 0 Å². The van der Waals surface area contributed by atoms with Gasteiger partial charge in [-0.15, -0.1) is 5.92 Å². The van der Waals surface area contributed by atoms with E-state index in [1.165, 1.54) is 0 Å². The molecule has 0 aliphatic heterocycles. The highest BCUT2D eigenvalue weighted by molar-refractivity contribution is 6.33. The van der Waals surface area contributed by atoms with Gasteiger partial charge < -0.3 is 5.11 Å². The largest absolute Gasteiger partial charge is 0.376 e. The van der Waals surface area contributed by atoms with Crippen LogP contribution >= 0.6 is 23.2 Å². The van der Waals surface area contributed by atoms with Gasteiger partial charge in [-0.05, 0) is 25.1 Å². The number of rotatable bonds is 1. The van der Waals surface area contributed by atoms with Crippen LogP contribution in [0.25, 0.3) is 0 Å². The summed E-state index contributed by atoms with van der Waals surface area (Å²) in [5, 5.41) is 10.5. The summed E-state index contributed by atoms with van der Waals surface area (Å²) >= 11 is 11.6. The zero-order valence-corrected chi connectivity index (χ0v) is 8.52. The van der Waals surface area contributed by atoms with Crippen molar-refractivity contribution in [3.05, 3.63) is 33.8 Å². The maximum absolute atomic E-state index is 9.51. The molecule has 0 saturated carbocycles. The molecular formula is C10H8Cl2O. The molecule has 0 aliphatic rings. The first kappa shape index (κ1) is 10.4. The minimum atomic E-state index is -0.865. The molecule has 0 heterocycles. The second-order valence-corrected chi connectivity index (χ2v) is 3.31. The predicted molar refractivity (Wildman–Crippen MR) is 54.9 cm³/mol. The number of aliphatic hydroxyl groups is 1. The predicted octanol–water partition coefficient (Wildman–Crippen LogP) is 3.05. The molecule has 0 amide bonds. The number of hydrogen-bond acceptors (Lipinski definition) is 1. The van der Waals surface area contributed by atoms with E-state index in [-0.39, 0.29) is 0 Å². The first-order valence-corrected chi connectivity index (χ1v) is 4.46. The third-order valence-electron chi connectivity index (χ3n) is 1.53. The van der Waals surface area contributed by atoms with E-state index < -0.39 is 6.10 Å². The highest BCUT2D eigenvalue weighted by atomic mass is 35.5. The van der Waals surface area contributed by atoms with Crippen molar-refractivity contribution < 1.29 is 5.11 Å². The Morgan fingerprint density at radius 1 is 1.38 bits per heavy atom. The second-order valence-electron chi connectivity index (χ2n) is 2.46. The standard InChI is InChI=1S/C10H8Cl2O/c1-2-3-10(13)8-6-7(11)4-5-9(8)12/h4-6,10,13H,1H3. The first-order valence-electron chi connectivity index (χ1n) is 3.70. The molecule has 0 aliphatic carbocycles. The maximum Gasteiger partial charge on any atom is 0.141 e. The van der Waals surface area contributed by atoms with E-state index in [0.29, 0.717) is 15.6 Å². The molecule has 0 spiro atoms. The Bertz CT molecular complexity index is 363. The molecule has 1 atom stereocenters. The Morgan fingerprint density at radius 2 is 2.08 bits per heavy atom. The van der Waals surface area contributed by atoms with Crippen LogP contribution in [0.1, 0.15) is 18.6 Å². The van der Waals surface area contributed by atoms with Gasteiger partial charge in [-0.25, -0.2) is 0 Å². The van der Waals surface area contributed by atoms with Crippen LogP contribution in [-0.4, -0.2) is 5.11 Å². The molecule has 1 N–H and O–H groups in total. The van der Waals surface area contributed by atoms with E-state index in [1.807, 2.05) is 0 Å². The minimum absolute atomic E-state index is 0.472. The summed E-state index contributed by atoms with van der Waals surface area (Å²) in [7, 11) is 0. The summed E-state index contributed by atoms with van der Waals surface area (Å²) in [6.07, 6.45) is -0.865. The molecule has 13 heavy (non-hydrogen) atoms. The Balaban J connectivity index is 3.10. The number of benzene rings is 1. The smallest absolute Gasteiger partial charge is 0.141 e. The number of halogens is 2. The summed E-state index contributed by atoms with van der Waals surface area (Å²) in [4.78, 5) is 0. The molecule has 0 fully saturated rings. The van der Waals surface area contributed by atoms with E-state index in [2.05, 4.69) is 11.8 Å². The highest BCUT2D eigenvalue weighted by Crippen LogP contribution is 2.25. The summed E-state index contributed by atoms with van der Waals surface area (Å²) in [5.41, 5.74) is 0.545. The van der Waals surface area contributed by atoms with Crippen LogP contribution in [0.2, 0.25) is 10.0 Å². The summed E-state index contributed by atoms with van der Waals surface area (Å²) in [6, 6.07) is 4.91. The van der Waals surface area contributed by atoms with Gasteiger partial charge in [0.2, 0.25) is 0 Å². The maximum atomic E-state index is 9.51. The molecule has 0 aromatic heterocycles. The van der Waals surface area contributed by atoms with Gasteiger partial charge in [0.25, 0.3) is 0 Å². The Morgan fingerprint density at radius 3 is 2.69 bits per heavy atom. The number of aliphatic hydroxyl groups excluding tert-OH is 1. The van der Waals surface area contributed by atoms with E-state index >= 15 is 0 Å². The van der Waals surface area contributed by atoms with E-state index in [1.54, 1.807) is 25.1 Å².